The number of nitrogens with zero attached hydrogens (tertiary/aromatic N) is 2. The Morgan fingerprint density at radius 2 is 2.33 bits per heavy atom. The predicted molar refractivity (Wildman–Crippen MR) is 84.7 cm³/mol. The highest BCUT2D eigenvalue weighted by atomic mass is 32.2. The van der Waals surface area contributed by atoms with Crippen molar-refractivity contribution in [2.75, 3.05) is 24.2 Å². The summed E-state index contributed by atoms with van der Waals surface area (Å²) in [7, 11) is 0. The third-order valence-electron chi connectivity index (χ3n) is 4.38. The van der Waals surface area contributed by atoms with Gasteiger partial charge in [-0.25, -0.2) is 0 Å². The first-order valence-electron chi connectivity index (χ1n) is 7.13. The third-order valence-corrected chi connectivity index (χ3v) is 5.16. The first-order valence-corrected chi connectivity index (χ1v) is 8.36. The maximum absolute atomic E-state index is 11.7. The summed E-state index contributed by atoms with van der Waals surface area (Å²) in [6.07, 6.45) is 4.11. The molecule has 1 N–H and O–H groups in total. The van der Waals surface area contributed by atoms with Crippen molar-refractivity contribution in [3.8, 4) is 6.07 Å². The molecule has 112 valence electrons. The second-order valence-corrected chi connectivity index (χ2v) is 6.28. The number of hydrogen-bond donors (Lipinski definition) is 1. The van der Waals surface area contributed by atoms with Crippen molar-refractivity contribution >= 4 is 23.4 Å². The topological polar surface area (TPSA) is 64.3 Å². The molecule has 0 spiro atoms. The average molecular weight is 304 g/mol. The molecule has 1 aromatic carbocycles. The highest BCUT2D eigenvalue weighted by Gasteiger charge is 2.41. The standard InChI is InChI=1S/C16H20N2O2S/c1-3-16(15(19)20)8-5-9-18(11-16)13-6-4-7-14(21-2)12(13)10-17/h4,6-7H,3,5,8-9,11H2,1-2H3,(H,19,20). The van der Waals surface area contributed by atoms with E-state index in [9.17, 15) is 15.2 Å². The second kappa shape index (κ2) is 6.40. The van der Waals surface area contributed by atoms with Crippen molar-refractivity contribution in [2.24, 2.45) is 5.41 Å². The van der Waals surface area contributed by atoms with Crippen molar-refractivity contribution in [3.05, 3.63) is 23.8 Å². The van der Waals surface area contributed by atoms with Crippen LogP contribution >= 0.6 is 11.8 Å². The second-order valence-electron chi connectivity index (χ2n) is 5.43. The van der Waals surface area contributed by atoms with Gasteiger partial charge in [-0.05, 0) is 37.7 Å². The zero-order chi connectivity index (χ0) is 15.5. The van der Waals surface area contributed by atoms with E-state index in [1.54, 1.807) is 11.8 Å². The van der Waals surface area contributed by atoms with Crippen LogP contribution in [0, 0.1) is 16.7 Å². The number of aliphatic carboxylic acids is 1. The van der Waals surface area contributed by atoms with Crippen molar-refractivity contribution in [2.45, 2.75) is 31.1 Å². The maximum Gasteiger partial charge on any atom is 0.311 e. The summed E-state index contributed by atoms with van der Waals surface area (Å²) in [6.45, 7) is 3.22. The normalized spacial score (nSPS) is 21.9. The van der Waals surface area contributed by atoms with E-state index < -0.39 is 11.4 Å². The van der Waals surface area contributed by atoms with Crippen molar-refractivity contribution in [1.82, 2.24) is 0 Å². The Kier molecular flexibility index (Phi) is 4.79. The van der Waals surface area contributed by atoms with Gasteiger partial charge >= 0.3 is 5.97 Å². The van der Waals surface area contributed by atoms with E-state index in [0.29, 0.717) is 24.9 Å². The van der Waals surface area contributed by atoms with E-state index in [1.807, 2.05) is 31.4 Å². The van der Waals surface area contributed by atoms with Gasteiger partial charge < -0.3 is 10.0 Å². The lowest BCUT2D eigenvalue weighted by atomic mass is 9.77. The zero-order valence-electron chi connectivity index (χ0n) is 12.4. The monoisotopic (exact) mass is 304 g/mol. The predicted octanol–water partition coefficient (Wildman–Crippen LogP) is 3.36. The van der Waals surface area contributed by atoms with Crippen LogP contribution in [0.1, 0.15) is 31.7 Å². The first-order chi connectivity index (χ1) is 10.1. The van der Waals surface area contributed by atoms with E-state index in [4.69, 9.17) is 0 Å². The van der Waals surface area contributed by atoms with E-state index in [0.717, 1.165) is 23.5 Å². The molecule has 21 heavy (non-hydrogen) atoms. The van der Waals surface area contributed by atoms with Gasteiger partial charge in [-0.15, -0.1) is 11.8 Å². The average Bonchev–Trinajstić information content (AvgIpc) is 2.53. The van der Waals surface area contributed by atoms with Crippen LogP contribution in [0.3, 0.4) is 0 Å². The molecule has 0 bridgehead atoms. The van der Waals surface area contributed by atoms with Crippen molar-refractivity contribution in [3.63, 3.8) is 0 Å². The Labute approximate surface area is 129 Å². The van der Waals surface area contributed by atoms with Crippen LogP contribution in [0.15, 0.2) is 23.1 Å². The lowest BCUT2D eigenvalue weighted by molar-refractivity contribution is -0.149. The number of rotatable bonds is 4. The first kappa shape index (κ1) is 15.7. The van der Waals surface area contributed by atoms with Crippen LogP contribution in [0.5, 0.6) is 0 Å². The highest BCUT2D eigenvalue weighted by molar-refractivity contribution is 7.98. The van der Waals surface area contributed by atoms with Gasteiger partial charge in [0.2, 0.25) is 0 Å². The summed E-state index contributed by atoms with van der Waals surface area (Å²) in [5, 5.41) is 19.0. The fourth-order valence-corrected chi connectivity index (χ4v) is 3.59. The van der Waals surface area contributed by atoms with Gasteiger partial charge in [-0.3, -0.25) is 4.79 Å². The fourth-order valence-electron chi connectivity index (χ4n) is 3.02. The lowest BCUT2D eigenvalue weighted by Crippen LogP contribution is -2.47. The molecule has 0 aromatic heterocycles. The Morgan fingerprint density at radius 1 is 1.57 bits per heavy atom. The molecule has 0 aliphatic carbocycles. The molecule has 2 rings (SSSR count). The molecule has 0 amide bonds. The molecule has 1 unspecified atom stereocenters. The number of carbonyl (C=O) groups is 1. The minimum atomic E-state index is -0.728. The van der Waals surface area contributed by atoms with E-state index >= 15 is 0 Å². The van der Waals surface area contributed by atoms with E-state index in [-0.39, 0.29) is 0 Å². The van der Waals surface area contributed by atoms with Gasteiger partial charge in [0.25, 0.3) is 0 Å². The minimum Gasteiger partial charge on any atom is -0.481 e. The largest absolute Gasteiger partial charge is 0.481 e. The number of nitriles is 1. The van der Waals surface area contributed by atoms with Crippen LogP contribution in [-0.2, 0) is 4.79 Å². The smallest absolute Gasteiger partial charge is 0.311 e. The number of benzene rings is 1. The number of carboxylic acid groups (broad SMARTS) is 1. The number of carboxylic acids is 1. The van der Waals surface area contributed by atoms with Crippen LogP contribution in [0.2, 0.25) is 0 Å². The molecule has 1 aromatic rings. The molecule has 1 aliphatic rings. The van der Waals surface area contributed by atoms with Crippen molar-refractivity contribution < 1.29 is 9.90 Å². The molecule has 1 heterocycles. The minimum absolute atomic E-state index is 0.478. The Morgan fingerprint density at radius 3 is 2.90 bits per heavy atom. The van der Waals surface area contributed by atoms with Gasteiger partial charge in [-0.2, -0.15) is 5.26 Å². The summed E-state index contributed by atoms with van der Waals surface area (Å²) < 4.78 is 0. The van der Waals surface area contributed by atoms with Gasteiger partial charge in [0.1, 0.15) is 6.07 Å². The molecule has 4 nitrogen and oxygen atoms in total. The Hall–Kier alpha value is -1.67. The molecular formula is C16H20N2O2S. The summed E-state index contributed by atoms with van der Waals surface area (Å²) in [5.74, 6) is -0.728. The molecule has 5 heteroatoms. The summed E-state index contributed by atoms with van der Waals surface area (Å²) >= 11 is 1.54. The quantitative estimate of drug-likeness (QED) is 0.864. The number of anilines is 1. The van der Waals surface area contributed by atoms with Crippen molar-refractivity contribution in [1.29, 1.82) is 5.26 Å². The highest BCUT2D eigenvalue weighted by Crippen LogP contribution is 2.38. The molecular weight excluding hydrogens is 284 g/mol. The number of piperidine rings is 1. The molecule has 1 saturated heterocycles. The number of thioether (sulfide) groups is 1. The molecule has 1 aliphatic heterocycles. The van der Waals surface area contributed by atoms with E-state index in [1.165, 1.54) is 0 Å². The SMILES string of the molecule is CCC1(C(=O)O)CCCN(c2cccc(SC)c2C#N)C1. The lowest BCUT2D eigenvalue weighted by Gasteiger charge is -2.41. The van der Waals surface area contributed by atoms with E-state index in [2.05, 4.69) is 11.0 Å². The van der Waals surface area contributed by atoms with Crippen LogP contribution in [-0.4, -0.2) is 30.4 Å². The Balaban J connectivity index is 2.39. The number of hydrogen-bond acceptors (Lipinski definition) is 4. The summed E-state index contributed by atoms with van der Waals surface area (Å²) in [6, 6.07) is 8.07. The Bertz CT molecular complexity index is 582. The molecule has 1 atom stereocenters. The third kappa shape index (κ3) is 2.86. The zero-order valence-corrected chi connectivity index (χ0v) is 13.2. The van der Waals surface area contributed by atoms with Gasteiger partial charge in [0.15, 0.2) is 0 Å². The van der Waals surface area contributed by atoms with Crippen LogP contribution in [0.4, 0.5) is 5.69 Å². The van der Waals surface area contributed by atoms with Gasteiger partial charge in [0, 0.05) is 18.0 Å². The fraction of sp³-hybridized carbons (Fsp3) is 0.500. The van der Waals surface area contributed by atoms with Crippen LogP contribution < -0.4 is 4.90 Å². The van der Waals surface area contributed by atoms with Gasteiger partial charge in [0.05, 0.1) is 16.7 Å². The molecule has 0 saturated carbocycles. The van der Waals surface area contributed by atoms with Crippen LogP contribution in [0.25, 0.3) is 0 Å². The summed E-state index contributed by atoms with van der Waals surface area (Å²) in [5.41, 5.74) is 0.825. The molecule has 1 fully saturated rings. The summed E-state index contributed by atoms with van der Waals surface area (Å²) in [4.78, 5) is 14.7. The molecule has 0 radical (unpaired) electrons. The van der Waals surface area contributed by atoms with Gasteiger partial charge in [-0.1, -0.05) is 13.0 Å². The maximum atomic E-state index is 11.7.